The fraction of sp³-hybridized carbons (Fsp3) is 0.444. The molecule has 7 heteroatoms. The number of oxime groups is 1. The molecule has 0 aliphatic rings. The van der Waals surface area contributed by atoms with Gasteiger partial charge in [-0.25, -0.2) is 4.98 Å². The van der Waals surface area contributed by atoms with Crippen molar-refractivity contribution >= 4 is 23.1 Å². The highest BCUT2D eigenvalue weighted by molar-refractivity contribution is 7.11. The van der Waals surface area contributed by atoms with Gasteiger partial charge in [-0.3, -0.25) is 4.79 Å². The van der Waals surface area contributed by atoms with Gasteiger partial charge in [0.05, 0.1) is 17.7 Å². The number of amides is 1. The number of nitrogens with two attached hydrogens (primary N) is 1. The first-order valence-corrected chi connectivity index (χ1v) is 5.63. The molecule has 0 saturated carbocycles. The van der Waals surface area contributed by atoms with Crippen molar-refractivity contribution in [3.63, 3.8) is 0 Å². The van der Waals surface area contributed by atoms with Crippen LogP contribution in [0.4, 0.5) is 0 Å². The number of hydrogen-bond donors (Lipinski definition) is 2. The normalized spacial score (nSPS) is 11.5. The van der Waals surface area contributed by atoms with Crippen LogP contribution < -0.4 is 5.73 Å². The van der Waals surface area contributed by atoms with Crippen LogP contribution in [0.3, 0.4) is 0 Å². The van der Waals surface area contributed by atoms with E-state index in [0.717, 1.165) is 0 Å². The van der Waals surface area contributed by atoms with Crippen molar-refractivity contribution in [2.45, 2.75) is 13.8 Å². The smallest absolute Gasteiger partial charge is 0.266 e. The first kappa shape index (κ1) is 12.4. The van der Waals surface area contributed by atoms with Gasteiger partial charge in [-0.1, -0.05) is 5.16 Å². The standard InChI is InChI=1S/C9H14N4O2S/c1-3-13(4-7(10)12-15)9(14)8-6(2)11-5-16-8/h5,15H,3-4H2,1-2H3,(H2,10,12). The number of hydrogen-bond acceptors (Lipinski definition) is 5. The highest BCUT2D eigenvalue weighted by Gasteiger charge is 2.19. The molecule has 1 rings (SSSR count). The Morgan fingerprint density at radius 2 is 2.44 bits per heavy atom. The molecule has 1 amide bonds. The Hall–Kier alpha value is -1.63. The quantitative estimate of drug-likeness (QED) is 0.351. The van der Waals surface area contributed by atoms with Gasteiger partial charge in [0.2, 0.25) is 0 Å². The van der Waals surface area contributed by atoms with E-state index in [-0.39, 0.29) is 18.3 Å². The van der Waals surface area contributed by atoms with E-state index in [1.54, 1.807) is 12.4 Å². The number of aromatic nitrogens is 1. The van der Waals surface area contributed by atoms with Gasteiger partial charge < -0.3 is 15.8 Å². The molecule has 0 aliphatic carbocycles. The number of likely N-dealkylation sites (N-methyl/N-ethyl adjacent to an activating group) is 1. The largest absolute Gasteiger partial charge is 0.409 e. The van der Waals surface area contributed by atoms with Crippen LogP contribution in [0.25, 0.3) is 0 Å². The molecular weight excluding hydrogens is 228 g/mol. The van der Waals surface area contributed by atoms with Gasteiger partial charge in [0.1, 0.15) is 4.88 Å². The zero-order chi connectivity index (χ0) is 12.1. The molecule has 0 bridgehead atoms. The zero-order valence-corrected chi connectivity index (χ0v) is 9.99. The minimum atomic E-state index is -0.144. The van der Waals surface area contributed by atoms with E-state index in [4.69, 9.17) is 10.9 Å². The minimum Gasteiger partial charge on any atom is -0.409 e. The van der Waals surface area contributed by atoms with E-state index in [1.807, 2.05) is 6.92 Å². The van der Waals surface area contributed by atoms with Gasteiger partial charge in [0.15, 0.2) is 5.84 Å². The molecule has 3 N–H and O–H groups in total. The maximum Gasteiger partial charge on any atom is 0.266 e. The topological polar surface area (TPSA) is 91.8 Å². The van der Waals surface area contributed by atoms with Crippen LogP contribution in [-0.2, 0) is 0 Å². The summed E-state index contributed by atoms with van der Waals surface area (Å²) in [6.07, 6.45) is 0. The molecule has 0 spiro atoms. The average Bonchev–Trinajstić information content (AvgIpc) is 2.71. The summed E-state index contributed by atoms with van der Waals surface area (Å²) < 4.78 is 0. The van der Waals surface area contributed by atoms with Crippen LogP contribution in [0.2, 0.25) is 0 Å². The molecule has 88 valence electrons. The number of amidine groups is 1. The molecule has 1 heterocycles. The molecule has 0 atom stereocenters. The molecule has 6 nitrogen and oxygen atoms in total. The molecule has 1 aromatic heterocycles. The fourth-order valence-electron chi connectivity index (χ4n) is 1.21. The molecular formula is C9H14N4O2S. The molecule has 16 heavy (non-hydrogen) atoms. The van der Waals surface area contributed by atoms with E-state index in [9.17, 15) is 4.79 Å². The van der Waals surface area contributed by atoms with Crippen molar-refractivity contribution in [3.8, 4) is 0 Å². The van der Waals surface area contributed by atoms with Gasteiger partial charge in [0.25, 0.3) is 5.91 Å². The SMILES string of the molecule is CCN(CC(N)=NO)C(=O)c1scnc1C. The van der Waals surface area contributed by atoms with Crippen molar-refractivity contribution in [1.82, 2.24) is 9.88 Å². The van der Waals surface area contributed by atoms with Crippen molar-refractivity contribution < 1.29 is 10.0 Å². The highest BCUT2D eigenvalue weighted by Crippen LogP contribution is 2.14. The third-order valence-electron chi connectivity index (χ3n) is 2.09. The molecule has 1 aromatic rings. The van der Waals surface area contributed by atoms with Crippen LogP contribution in [0.5, 0.6) is 0 Å². The Balaban J connectivity index is 2.82. The molecule has 0 saturated heterocycles. The lowest BCUT2D eigenvalue weighted by molar-refractivity contribution is 0.0790. The predicted molar refractivity (Wildman–Crippen MR) is 61.8 cm³/mol. The monoisotopic (exact) mass is 242 g/mol. The van der Waals surface area contributed by atoms with Crippen molar-refractivity contribution in [2.75, 3.05) is 13.1 Å². The highest BCUT2D eigenvalue weighted by atomic mass is 32.1. The predicted octanol–water partition coefficient (Wildman–Crippen LogP) is 0.660. The van der Waals surface area contributed by atoms with E-state index < -0.39 is 0 Å². The first-order chi connectivity index (χ1) is 7.60. The Morgan fingerprint density at radius 1 is 1.75 bits per heavy atom. The summed E-state index contributed by atoms with van der Waals surface area (Å²) in [6.45, 7) is 4.22. The maximum atomic E-state index is 12.0. The van der Waals surface area contributed by atoms with Crippen LogP contribution in [0.1, 0.15) is 22.3 Å². The van der Waals surface area contributed by atoms with Gasteiger partial charge in [-0.05, 0) is 13.8 Å². The first-order valence-electron chi connectivity index (χ1n) is 4.75. The molecule has 0 aromatic carbocycles. The Kier molecular flexibility index (Phi) is 4.24. The van der Waals surface area contributed by atoms with Crippen LogP contribution in [0.15, 0.2) is 10.7 Å². The number of carbonyl (C=O) groups is 1. The molecule has 0 fully saturated rings. The molecule has 0 aliphatic heterocycles. The average molecular weight is 242 g/mol. The summed E-state index contributed by atoms with van der Waals surface area (Å²) in [5.74, 6) is -0.133. The number of rotatable bonds is 4. The van der Waals surface area contributed by atoms with E-state index in [1.165, 1.54) is 16.2 Å². The summed E-state index contributed by atoms with van der Waals surface area (Å²) >= 11 is 1.29. The van der Waals surface area contributed by atoms with Gasteiger partial charge in [0, 0.05) is 6.54 Å². The lowest BCUT2D eigenvalue weighted by atomic mass is 10.3. The minimum absolute atomic E-state index is 0.0115. The van der Waals surface area contributed by atoms with Crippen LogP contribution in [0, 0.1) is 6.92 Å². The third kappa shape index (κ3) is 2.69. The van der Waals surface area contributed by atoms with Gasteiger partial charge in [-0.15, -0.1) is 11.3 Å². The van der Waals surface area contributed by atoms with Crippen molar-refractivity contribution in [2.24, 2.45) is 10.9 Å². The fourth-order valence-corrected chi connectivity index (χ4v) is 1.97. The Morgan fingerprint density at radius 3 is 2.88 bits per heavy atom. The summed E-state index contributed by atoms with van der Waals surface area (Å²) in [7, 11) is 0. The van der Waals surface area contributed by atoms with E-state index in [2.05, 4.69) is 10.1 Å². The Bertz CT molecular complexity index is 402. The summed E-state index contributed by atoms with van der Waals surface area (Å²) in [5, 5.41) is 11.3. The van der Waals surface area contributed by atoms with E-state index >= 15 is 0 Å². The summed E-state index contributed by atoms with van der Waals surface area (Å²) in [6, 6.07) is 0. The number of carbonyl (C=O) groups excluding carboxylic acids is 1. The second kappa shape index (κ2) is 5.45. The van der Waals surface area contributed by atoms with Crippen molar-refractivity contribution in [3.05, 3.63) is 16.1 Å². The second-order valence-electron chi connectivity index (χ2n) is 3.18. The number of nitrogens with zero attached hydrogens (tertiary/aromatic N) is 3. The lowest BCUT2D eigenvalue weighted by Crippen LogP contribution is -2.38. The maximum absolute atomic E-state index is 12.0. The number of thiazole rings is 1. The third-order valence-corrected chi connectivity index (χ3v) is 3.01. The zero-order valence-electron chi connectivity index (χ0n) is 9.17. The van der Waals surface area contributed by atoms with Crippen molar-refractivity contribution in [1.29, 1.82) is 0 Å². The second-order valence-corrected chi connectivity index (χ2v) is 4.03. The lowest BCUT2D eigenvalue weighted by Gasteiger charge is -2.19. The molecule has 0 unspecified atom stereocenters. The van der Waals surface area contributed by atoms with Gasteiger partial charge in [-0.2, -0.15) is 0 Å². The summed E-state index contributed by atoms with van der Waals surface area (Å²) in [5.41, 5.74) is 7.70. The number of aryl methyl sites for hydroxylation is 1. The summed E-state index contributed by atoms with van der Waals surface area (Å²) in [4.78, 5) is 18.1. The molecule has 0 radical (unpaired) electrons. The van der Waals surface area contributed by atoms with Crippen LogP contribution in [-0.4, -0.2) is 39.9 Å². The van der Waals surface area contributed by atoms with E-state index in [0.29, 0.717) is 17.1 Å². The van der Waals surface area contributed by atoms with Gasteiger partial charge >= 0.3 is 0 Å². The van der Waals surface area contributed by atoms with Crippen LogP contribution >= 0.6 is 11.3 Å². The Labute approximate surface area is 97.4 Å².